The van der Waals surface area contributed by atoms with E-state index in [1.807, 2.05) is 0 Å². The van der Waals surface area contributed by atoms with Crippen LogP contribution in [0.3, 0.4) is 0 Å². The number of aromatic hydroxyl groups is 9. The highest BCUT2D eigenvalue weighted by Crippen LogP contribution is 2.55. The molecule has 9 nitrogen and oxygen atoms in total. The van der Waals surface area contributed by atoms with Gasteiger partial charge >= 0.3 is 0 Å². The second kappa shape index (κ2) is 6.52. The monoisotopic (exact) mass is 400 g/mol. The summed E-state index contributed by atoms with van der Waals surface area (Å²) in [5, 5.41) is 90.0. The zero-order valence-electron chi connectivity index (χ0n) is 15.3. The third-order valence-corrected chi connectivity index (χ3v) is 4.66. The lowest BCUT2D eigenvalue weighted by Crippen LogP contribution is -2.05. The fourth-order valence-electron chi connectivity index (χ4n) is 3.12. The largest absolute Gasteiger partial charge is 0.505 e. The number of phenolic OH excluding ortho intramolecular Hbond substituents is 9. The Morgan fingerprint density at radius 3 is 1.17 bits per heavy atom. The van der Waals surface area contributed by atoms with E-state index >= 15 is 0 Å². The zero-order chi connectivity index (χ0) is 21.8. The topological polar surface area (TPSA) is 182 Å². The van der Waals surface area contributed by atoms with Crippen molar-refractivity contribution in [2.75, 3.05) is 0 Å². The van der Waals surface area contributed by atoms with Crippen LogP contribution in [-0.4, -0.2) is 53.8 Å². The normalized spacial score (nSPS) is 10.9. The smallest absolute Gasteiger partial charge is 0.208 e. The molecule has 0 aliphatic carbocycles. The minimum atomic E-state index is -1.11. The average Bonchev–Trinajstić information content (AvgIpc) is 2.67. The van der Waals surface area contributed by atoms with Crippen LogP contribution in [0.4, 0.5) is 0 Å². The van der Waals surface area contributed by atoms with Gasteiger partial charge in [0.15, 0.2) is 34.5 Å². The van der Waals surface area contributed by atoms with Gasteiger partial charge in [-0.2, -0.15) is 0 Å². The van der Waals surface area contributed by atoms with Crippen LogP contribution >= 0.6 is 0 Å². The molecule has 0 radical (unpaired) electrons. The van der Waals surface area contributed by atoms with E-state index in [1.165, 1.54) is 26.0 Å². The van der Waals surface area contributed by atoms with Crippen LogP contribution < -0.4 is 5.46 Å². The van der Waals surface area contributed by atoms with E-state index in [9.17, 15) is 46.0 Å². The molecule has 3 rings (SSSR count). The third-order valence-electron chi connectivity index (χ3n) is 4.66. The standard InChI is InChI=1S/C19H17BO9/c1-5-2-6(8-11(21)15(25)10(20)16(26)12(8)22)4-7(3-5)9-13(23)17(27)19(29)18(28)14(9)24/h2-4,21-29H,20H2,1H3. The molecule has 3 aromatic rings. The Hall–Kier alpha value is -4.08. The maximum Gasteiger partial charge on any atom is 0.208 e. The predicted molar refractivity (Wildman–Crippen MR) is 105 cm³/mol. The van der Waals surface area contributed by atoms with Crippen molar-refractivity contribution in [2.24, 2.45) is 0 Å². The first-order chi connectivity index (χ1) is 13.5. The van der Waals surface area contributed by atoms with E-state index in [0.717, 1.165) is 0 Å². The summed E-state index contributed by atoms with van der Waals surface area (Å²) in [5.74, 6) is -7.79. The molecule has 0 bridgehead atoms. The lowest BCUT2D eigenvalue weighted by atomic mass is 9.88. The van der Waals surface area contributed by atoms with Gasteiger partial charge in [-0.15, -0.1) is 0 Å². The van der Waals surface area contributed by atoms with E-state index in [2.05, 4.69) is 0 Å². The number of hydrogen-bond acceptors (Lipinski definition) is 9. The summed E-state index contributed by atoms with van der Waals surface area (Å²) in [6, 6.07) is 4.16. The van der Waals surface area contributed by atoms with Crippen LogP contribution in [0.1, 0.15) is 5.56 Å². The van der Waals surface area contributed by atoms with Crippen molar-refractivity contribution < 1.29 is 46.0 Å². The summed E-state index contributed by atoms with van der Waals surface area (Å²) < 4.78 is 0. The highest BCUT2D eigenvalue weighted by atomic mass is 16.4. The summed E-state index contributed by atoms with van der Waals surface area (Å²) in [5.41, 5.74) is -0.295. The van der Waals surface area contributed by atoms with Crippen molar-refractivity contribution in [3.8, 4) is 74.0 Å². The zero-order valence-corrected chi connectivity index (χ0v) is 15.3. The van der Waals surface area contributed by atoms with Gasteiger partial charge in [0.2, 0.25) is 17.2 Å². The molecule has 0 saturated carbocycles. The summed E-state index contributed by atoms with van der Waals surface area (Å²) >= 11 is 0. The number of phenols is 9. The van der Waals surface area contributed by atoms with Crippen molar-refractivity contribution in [3.05, 3.63) is 23.8 Å². The van der Waals surface area contributed by atoms with Crippen LogP contribution in [0.2, 0.25) is 0 Å². The highest BCUT2D eigenvalue weighted by Gasteiger charge is 2.26. The summed E-state index contributed by atoms with van der Waals surface area (Å²) in [7, 11) is 1.29. The van der Waals surface area contributed by atoms with Crippen molar-refractivity contribution >= 4 is 13.3 Å². The van der Waals surface area contributed by atoms with Crippen molar-refractivity contribution in [3.63, 3.8) is 0 Å². The van der Waals surface area contributed by atoms with Gasteiger partial charge in [-0.05, 0) is 29.7 Å². The summed E-state index contributed by atoms with van der Waals surface area (Å²) in [6.07, 6.45) is 0. The molecular weight excluding hydrogens is 383 g/mol. The second-order valence-electron chi connectivity index (χ2n) is 6.60. The Labute approximate surface area is 164 Å². The molecule has 0 aromatic heterocycles. The first-order valence-corrected chi connectivity index (χ1v) is 8.24. The van der Waals surface area contributed by atoms with E-state index in [-0.39, 0.29) is 22.2 Å². The van der Waals surface area contributed by atoms with Crippen molar-refractivity contribution in [1.82, 2.24) is 0 Å². The lowest BCUT2D eigenvalue weighted by Gasteiger charge is -2.17. The Morgan fingerprint density at radius 1 is 0.483 bits per heavy atom. The maximum absolute atomic E-state index is 10.3. The molecule has 0 heterocycles. The Morgan fingerprint density at radius 2 is 0.793 bits per heavy atom. The number of aryl methyl sites for hydroxylation is 1. The molecule has 150 valence electrons. The average molecular weight is 400 g/mol. The lowest BCUT2D eigenvalue weighted by molar-refractivity contribution is 0.330. The predicted octanol–water partition coefficient (Wildman–Crippen LogP) is 0.938. The molecule has 0 unspecified atom stereocenters. The Balaban J connectivity index is 2.37. The van der Waals surface area contributed by atoms with Gasteiger partial charge in [0, 0.05) is 5.46 Å². The van der Waals surface area contributed by atoms with Gasteiger partial charge in [0.1, 0.15) is 7.85 Å². The van der Waals surface area contributed by atoms with Gasteiger partial charge in [-0.1, -0.05) is 12.1 Å². The molecular formula is C19H17BO9. The Kier molecular flexibility index (Phi) is 4.42. The van der Waals surface area contributed by atoms with E-state index in [4.69, 9.17) is 0 Å². The third kappa shape index (κ3) is 2.81. The van der Waals surface area contributed by atoms with Gasteiger partial charge in [0.25, 0.3) is 0 Å². The SMILES string of the molecule is Bc1c(O)c(O)c(-c2cc(C)cc(-c3c(O)c(O)c(O)c(O)c3O)c2)c(O)c1O. The molecule has 0 fully saturated rings. The number of rotatable bonds is 2. The van der Waals surface area contributed by atoms with Crippen LogP contribution in [0.25, 0.3) is 22.3 Å². The van der Waals surface area contributed by atoms with Crippen LogP contribution in [0, 0.1) is 6.92 Å². The molecule has 0 aliphatic heterocycles. The van der Waals surface area contributed by atoms with Gasteiger partial charge in [-0.25, -0.2) is 0 Å². The molecule has 0 atom stereocenters. The fraction of sp³-hybridized carbons (Fsp3) is 0.0526. The summed E-state index contributed by atoms with van der Waals surface area (Å²) in [6.45, 7) is 1.60. The molecule has 0 aliphatic rings. The maximum atomic E-state index is 10.3. The molecule has 29 heavy (non-hydrogen) atoms. The highest BCUT2D eigenvalue weighted by molar-refractivity contribution is 6.37. The molecule has 0 amide bonds. The minimum absolute atomic E-state index is 0.0268. The Bertz CT molecular complexity index is 1030. The molecule has 0 spiro atoms. The first kappa shape index (κ1) is 19.7. The van der Waals surface area contributed by atoms with Crippen molar-refractivity contribution in [1.29, 1.82) is 0 Å². The quantitative estimate of drug-likeness (QED) is 0.172. The van der Waals surface area contributed by atoms with Crippen LogP contribution in [-0.2, 0) is 0 Å². The van der Waals surface area contributed by atoms with Gasteiger partial charge < -0.3 is 46.0 Å². The van der Waals surface area contributed by atoms with Gasteiger partial charge in [0.05, 0.1) is 11.1 Å². The molecule has 3 aromatic carbocycles. The van der Waals surface area contributed by atoms with Gasteiger partial charge in [-0.3, -0.25) is 0 Å². The van der Waals surface area contributed by atoms with E-state index < -0.39 is 57.3 Å². The molecule has 10 heteroatoms. The molecule has 9 N–H and O–H groups in total. The minimum Gasteiger partial charge on any atom is -0.505 e. The van der Waals surface area contributed by atoms with Crippen molar-refractivity contribution in [2.45, 2.75) is 6.92 Å². The molecule has 0 saturated heterocycles. The second-order valence-corrected chi connectivity index (χ2v) is 6.60. The summed E-state index contributed by atoms with van der Waals surface area (Å²) in [4.78, 5) is 0. The number of benzene rings is 3. The fourth-order valence-corrected chi connectivity index (χ4v) is 3.12. The number of hydrogen-bond donors (Lipinski definition) is 9. The van der Waals surface area contributed by atoms with E-state index in [1.54, 1.807) is 6.92 Å². The first-order valence-electron chi connectivity index (χ1n) is 8.24. The van der Waals surface area contributed by atoms with Crippen LogP contribution in [0.15, 0.2) is 18.2 Å². The van der Waals surface area contributed by atoms with Crippen LogP contribution in [0.5, 0.6) is 51.7 Å². The van der Waals surface area contributed by atoms with E-state index in [0.29, 0.717) is 5.56 Å².